The molecule has 0 aliphatic carbocycles. The van der Waals surface area contributed by atoms with Gasteiger partial charge in [0.2, 0.25) is 0 Å². The van der Waals surface area contributed by atoms with E-state index in [1.807, 2.05) is 0 Å². The quantitative estimate of drug-likeness (QED) is 0.704. The number of anilines is 2. The molecule has 2 heterocycles. The lowest BCUT2D eigenvalue weighted by Gasteiger charge is -2.04. The molecule has 0 atom stereocenters. The topological polar surface area (TPSA) is 119 Å². The Kier molecular flexibility index (Phi) is 2.54. The molecule has 0 unspecified atom stereocenters. The monoisotopic (exact) mass is 256 g/mol. The predicted molar refractivity (Wildman–Crippen MR) is 61.8 cm³/mol. The van der Waals surface area contributed by atoms with E-state index in [1.165, 1.54) is 17.1 Å². The minimum Gasteiger partial charge on any atom is -0.381 e. The fraction of sp³-hybridized carbons (Fsp3) is 0.250. The van der Waals surface area contributed by atoms with Crippen molar-refractivity contribution in [3.63, 3.8) is 0 Å². The smallest absolute Gasteiger partial charge is 0.268 e. The van der Waals surface area contributed by atoms with E-state index in [1.54, 1.807) is 14.0 Å². The third-order valence-corrected chi connectivity index (χ3v) is 3.54. The Bertz CT molecular complexity index is 641. The minimum atomic E-state index is -3.75. The van der Waals surface area contributed by atoms with Crippen molar-refractivity contribution in [2.75, 3.05) is 10.5 Å². The van der Waals surface area contributed by atoms with E-state index in [-0.39, 0.29) is 10.7 Å². The molecule has 4 N–H and O–H groups in total. The summed E-state index contributed by atoms with van der Waals surface area (Å²) in [5, 5.41) is 10.1. The van der Waals surface area contributed by atoms with Crippen LogP contribution in [0.15, 0.2) is 17.3 Å². The van der Waals surface area contributed by atoms with Crippen molar-refractivity contribution in [3.05, 3.63) is 18.0 Å². The van der Waals surface area contributed by atoms with Crippen LogP contribution in [0, 0.1) is 6.92 Å². The average Bonchev–Trinajstić information content (AvgIpc) is 2.74. The van der Waals surface area contributed by atoms with Gasteiger partial charge in [-0.3, -0.25) is 14.5 Å². The molecule has 2 aromatic rings. The van der Waals surface area contributed by atoms with Crippen LogP contribution >= 0.6 is 0 Å². The van der Waals surface area contributed by atoms with Gasteiger partial charge in [-0.15, -0.1) is 0 Å². The van der Waals surface area contributed by atoms with Crippen LogP contribution in [0.3, 0.4) is 0 Å². The molecule has 0 amide bonds. The van der Waals surface area contributed by atoms with Crippen molar-refractivity contribution in [1.29, 1.82) is 0 Å². The number of aromatic nitrogens is 4. The van der Waals surface area contributed by atoms with E-state index in [9.17, 15) is 8.42 Å². The molecule has 0 aliphatic heterocycles. The maximum absolute atomic E-state index is 12.0. The zero-order valence-electron chi connectivity index (χ0n) is 9.30. The third kappa shape index (κ3) is 2.09. The molecule has 0 spiro atoms. The van der Waals surface area contributed by atoms with E-state index < -0.39 is 10.0 Å². The van der Waals surface area contributed by atoms with Crippen LogP contribution in [0.2, 0.25) is 0 Å². The molecule has 17 heavy (non-hydrogen) atoms. The van der Waals surface area contributed by atoms with Crippen molar-refractivity contribution in [2.24, 2.45) is 7.05 Å². The predicted octanol–water partition coefficient (Wildman–Crippen LogP) is -0.165. The Balaban J connectivity index is 2.38. The van der Waals surface area contributed by atoms with Crippen molar-refractivity contribution < 1.29 is 8.42 Å². The summed E-state index contributed by atoms with van der Waals surface area (Å²) in [4.78, 5) is -0.0611. The number of nitrogens with two attached hydrogens (primary N) is 1. The lowest BCUT2D eigenvalue weighted by atomic mass is 10.4. The van der Waals surface area contributed by atoms with Crippen molar-refractivity contribution in [3.8, 4) is 0 Å². The second-order valence-electron chi connectivity index (χ2n) is 3.59. The average molecular weight is 256 g/mol. The molecule has 0 fully saturated rings. The number of aryl methyl sites for hydroxylation is 2. The Hall–Kier alpha value is -2.03. The summed E-state index contributed by atoms with van der Waals surface area (Å²) in [5.74, 6) is 0.269. The Labute approximate surface area is 97.9 Å². The fourth-order valence-corrected chi connectivity index (χ4v) is 2.52. The number of hydrogen-bond donors (Lipinski definition) is 3. The van der Waals surface area contributed by atoms with Crippen LogP contribution < -0.4 is 10.5 Å². The summed E-state index contributed by atoms with van der Waals surface area (Å²) >= 11 is 0. The van der Waals surface area contributed by atoms with E-state index in [2.05, 4.69) is 20.0 Å². The summed E-state index contributed by atoms with van der Waals surface area (Å²) in [7, 11) is -2.15. The van der Waals surface area contributed by atoms with E-state index in [0.717, 1.165) is 0 Å². The number of nitrogen functional groups attached to an aromatic ring is 1. The summed E-state index contributed by atoms with van der Waals surface area (Å²) in [6.45, 7) is 1.73. The van der Waals surface area contributed by atoms with Crippen LogP contribution in [0.25, 0.3) is 0 Å². The lowest BCUT2D eigenvalue weighted by molar-refractivity contribution is 0.601. The van der Waals surface area contributed by atoms with E-state index in [4.69, 9.17) is 5.73 Å². The SMILES string of the molecule is Cc1cn[nH]c1NS(=O)(=O)c1cn(C)nc1N. The van der Waals surface area contributed by atoms with E-state index >= 15 is 0 Å². The highest BCUT2D eigenvalue weighted by Gasteiger charge is 2.21. The molecule has 2 aromatic heterocycles. The van der Waals surface area contributed by atoms with Gasteiger partial charge in [-0.1, -0.05) is 0 Å². The first-order chi connectivity index (χ1) is 7.90. The van der Waals surface area contributed by atoms with Gasteiger partial charge in [0, 0.05) is 18.8 Å². The summed E-state index contributed by atoms with van der Waals surface area (Å²) < 4.78 is 27.7. The Morgan fingerprint density at radius 3 is 2.71 bits per heavy atom. The number of aromatic amines is 1. The van der Waals surface area contributed by atoms with Crippen molar-refractivity contribution in [1.82, 2.24) is 20.0 Å². The number of sulfonamides is 1. The highest BCUT2D eigenvalue weighted by atomic mass is 32.2. The molecule has 0 bridgehead atoms. The van der Waals surface area contributed by atoms with Crippen LogP contribution in [-0.4, -0.2) is 28.4 Å². The normalized spacial score (nSPS) is 11.6. The summed E-state index contributed by atoms with van der Waals surface area (Å²) in [6, 6.07) is 0. The Morgan fingerprint density at radius 1 is 1.53 bits per heavy atom. The van der Waals surface area contributed by atoms with Gasteiger partial charge in [-0.05, 0) is 6.92 Å². The number of nitrogens with zero attached hydrogens (tertiary/aromatic N) is 3. The number of H-pyrrole nitrogens is 1. The maximum atomic E-state index is 12.0. The summed E-state index contributed by atoms with van der Waals surface area (Å²) in [6.07, 6.45) is 2.85. The van der Waals surface area contributed by atoms with Crippen LogP contribution in [0.1, 0.15) is 5.56 Å². The van der Waals surface area contributed by atoms with Gasteiger partial charge in [-0.25, -0.2) is 8.42 Å². The molecule has 92 valence electrons. The molecule has 0 aliphatic rings. The highest BCUT2D eigenvalue weighted by molar-refractivity contribution is 7.92. The second-order valence-corrected chi connectivity index (χ2v) is 5.24. The van der Waals surface area contributed by atoms with Gasteiger partial charge in [0.05, 0.1) is 6.20 Å². The van der Waals surface area contributed by atoms with Crippen LogP contribution in [0.4, 0.5) is 11.6 Å². The van der Waals surface area contributed by atoms with Crippen LogP contribution in [-0.2, 0) is 17.1 Å². The highest BCUT2D eigenvalue weighted by Crippen LogP contribution is 2.20. The first kappa shape index (κ1) is 11.5. The molecule has 0 saturated heterocycles. The minimum absolute atomic E-state index is 0.0443. The van der Waals surface area contributed by atoms with Crippen LogP contribution in [0.5, 0.6) is 0 Å². The number of nitrogens with one attached hydrogen (secondary N) is 2. The molecule has 9 heteroatoms. The second kappa shape index (κ2) is 3.77. The summed E-state index contributed by atoms with van der Waals surface area (Å²) in [5.41, 5.74) is 6.21. The molecule has 2 rings (SSSR count). The van der Waals surface area contributed by atoms with Crippen molar-refractivity contribution in [2.45, 2.75) is 11.8 Å². The third-order valence-electron chi connectivity index (χ3n) is 2.18. The maximum Gasteiger partial charge on any atom is 0.268 e. The molecule has 0 radical (unpaired) electrons. The van der Waals surface area contributed by atoms with Gasteiger partial charge in [0.1, 0.15) is 10.7 Å². The molecule has 0 aromatic carbocycles. The van der Waals surface area contributed by atoms with Gasteiger partial charge >= 0.3 is 0 Å². The zero-order valence-corrected chi connectivity index (χ0v) is 10.1. The van der Waals surface area contributed by atoms with Gasteiger partial charge in [0.15, 0.2) is 5.82 Å². The van der Waals surface area contributed by atoms with E-state index in [0.29, 0.717) is 11.4 Å². The molecule has 0 saturated carbocycles. The first-order valence-electron chi connectivity index (χ1n) is 4.72. The molecule has 8 nitrogen and oxygen atoms in total. The largest absolute Gasteiger partial charge is 0.381 e. The number of hydrogen-bond acceptors (Lipinski definition) is 5. The number of rotatable bonds is 3. The van der Waals surface area contributed by atoms with Gasteiger partial charge in [-0.2, -0.15) is 10.2 Å². The van der Waals surface area contributed by atoms with Crippen molar-refractivity contribution >= 4 is 21.7 Å². The fourth-order valence-electron chi connectivity index (χ4n) is 1.33. The molecular weight excluding hydrogens is 244 g/mol. The zero-order chi connectivity index (χ0) is 12.6. The lowest BCUT2D eigenvalue weighted by Crippen LogP contribution is -2.14. The van der Waals surface area contributed by atoms with Gasteiger partial charge < -0.3 is 5.73 Å². The van der Waals surface area contributed by atoms with Gasteiger partial charge in [0.25, 0.3) is 10.0 Å². The standard InChI is InChI=1S/C8H12N6O2S/c1-5-3-10-11-8(5)13-17(15,16)6-4-14(2)12-7(6)9/h3-4H,1-2H3,(H2,9,12)(H2,10,11,13). The first-order valence-corrected chi connectivity index (χ1v) is 6.20. The molecular formula is C8H12N6O2S. The Morgan fingerprint density at radius 2 is 2.24 bits per heavy atom.